The zero-order chi connectivity index (χ0) is 10.6. The number of halogens is 1. The van der Waals surface area contributed by atoms with Crippen molar-refractivity contribution in [2.24, 2.45) is 5.73 Å². The van der Waals surface area contributed by atoms with Crippen molar-refractivity contribution in [1.82, 2.24) is 9.97 Å². The van der Waals surface area contributed by atoms with E-state index in [0.29, 0.717) is 11.1 Å². The first-order valence-electron chi connectivity index (χ1n) is 5.43. The van der Waals surface area contributed by atoms with Crippen LogP contribution in [0.1, 0.15) is 48.7 Å². The van der Waals surface area contributed by atoms with Gasteiger partial charge in [0.1, 0.15) is 11.0 Å². The molecule has 2 aliphatic rings. The van der Waals surface area contributed by atoms with Crippen molar-refractivity contribution in [3.63, 3.8) is 0 Å². The van der Waals surface area contributed by atoms with Crippen molar-refractivity contribution in [3.05, 3.63) is 22.2 Å². The Kier molecular flexibility index (Phi) is 1.86. The maximum Gasteiger partial charge on any atom is 0.138 e. The van der Waals surface area contributed by atoms with E-state index in [1.54, 1.807) is 0 Å². The lowest BCUT2D eigenvalue weighted by Gasteiger charge is -2.15. The summed E-state index contributed by atoms with van der Waals surface area (Å²) in [6.07, 6.45) is 4.46. The van der Waals surface area contributed by atoms with E-state index < -0.39 is 0 Å². The second kappa shape index (κ2) is 2.92. The summed E-state index contributed by atoms with van der Waals surface area (Å²) in [6, 6.07) is 0. The minimum absolute atomic E-state index is 0.220. The first-order valence-corrected chi connectivity index (χ1v) is 5.81. The lowest BCUT2D eigenvalue weighted by molar-refractivity contribution is 0.703. The van der Waals surface area contributed by atoms with Crippen LogP contribution in [0, 0.1) is 6.92 Å². The molecule has 0 spiro atoms. The number of nitrogens with two attached hydrogens (primary N) is 1. The van der Waals surface area contributed by atoms with Crippen molar-refractivity contribution in [1.29, 1.82) is 0 Å². The molecular weight excluding hydrogens is 210 g/mol. The van der Waals surface area contributed by atoms with E-state index in [1.807, 2.05) is 6.92 Å². The lowest BCUT2D eigenvalue weighted by Crippen LogP contribution is -2.23. The molecule has 0 aliphatic heterocycles. The Balaban J connectivity index is 2.16. The van der Waals surface area contributed by atoms with Crippen LogP contribution < -0.4 is 5.73 Å². The average molecular weight is 224 g/mol. The molecule has 4 heteroatoms. The van der Waals surface area contributed by atoms with Crippen molar-refractivity contribution in [2.75, 3.05) is 0 Å². The van der Waals surface area contributed by atoms with Crippen molar-refractivity contribution in [3.8, 4) is 0 Å². The highest BCUT2D eigenvalue weighted by Crippen LogP contribution is 2.51. The lowest BCUT2D eigenvalue weighted by atomic mass is 10.0. The summed E-state index contributed by atoms with van der Waals surface area (Å²) in [7, 11) is 0. The molecule has 1 aromatic rings. The number of aryl methyl sites for hydroxylation is 1. The molecule has 0 atom stereocenters. The van der Waals surface area contributed by atoms with Gasteiger partial charge >= 0.3 is 0 Å². The Hall–Kier alpha value is -0.670. The highest BCUT2D eigenvalue weighted by molar-refractivity contribution is 6.30. The van der Waals surface area contributed by atoms with Crippen LogP contribution in [-0.4, -0.2) is 9.97 Å². The average Bonchev–Trinajstić information content (AvgIpc) is 2.96. The molecule has 2 N–H and O–H groups in total. The van der Waals surface area contributed by atoms with Crippen molar-refractivity contribution in [2.45, 2.75) is 44.1 Å². The third kappa shape index (κ3) is 1.54. The third-order valence-electron chi connectivity index (χ3n) is 3.26. The van der Waals surface area contributed by atoms with Gasteiger partial charge in [-0.2, -0.15) is 0 Å². The van der Waals surface area contributed by atoms with Gasteiger partial charge in [-0.15, -0.1) is 0 Å². The molecule has 1 aromatic heterocycles. The van der Waals surface area contributed by atoms with Crippen LogP contribution in [-0.2, 0) is 5.54 Å². The van der Waals surface area contributed by atoms with E-state index in [2.05, 4.69) is 9.97 Å². The Morgan fingerprint density at radius 1 is 1.33 bits per heavy atom. The van der Waals surface area contributed by atoms with E-state index >= 15 is 0 Å². The fourth-order valence-electron chi connectivity index (χ4n) is 2.06. The van der Waals surface area contributed by atoms with Crippen LogP contribution in [0.3, 0.4) is 0 Å². The SMILES string of the molecule is Cc1nc(Cl)c(C2(N)CC2)c(C2CC2)n1. The van der Waals surface area contributed by atoms with Crippen LogP contribution in [0.5, 0.6) is 0 Å². The van der Waals surface area contributed by atoms with Crippen LogP contribution in [0.25, 0.3) is 0 Å². The zero-order valence-electron chi connectivity index (χ0n) is 8.76. The highest BCUT2D eigenvalue weighted by Gasteiger charge is 2.46. The molecular formula is C11H14ClN3. The number of hydrogen-bond donors (Lipinski definition) is 1. The maximum absolute atomic E-state index is 6.22. The predicted molar refractivity (Wildman–Crippen MR) is 58.9 cm³/mol. The van der Waals surface area contributed by atoms with E-state index in [9.17, 15) is 0 Å². The number of rotatable bonds is 2. The van der Waals surface area contributed by atoms with Gasteiger partial charge < -0.3 is 5.73 Å². The summed E-state index contributed by atoms with van der Waals surface area (Å²) < 4.78 is 0. The molecule has 2 saturated carbocycles. The summed E-state index contributed by atoms with van der Waals surface area (Å²) >= 11 is 6.20. The van der Waals surface area contributed by atoms with Crippen molar-refractivity contribution < 1.29 is 0 Å². The normalized spacial score (nSPS) is 22.9. The van der Waals surface area contributed by atoms with Crippen LogP contribution in [0.15, 0.2) is 0 Å². The fourth-order valence-corrected chi connectivity index (χ4v) is 2.46. The fraction of sp³-hybridized carbons (Fsp3) is 0.636. The summed E-state index contributed by atoms with van der Waals surface area (Å²) in [5.41, 5.74) is 8.14. The van der Waals surface area contributed by atoms with Gasteiger partial charge in [-0.05, 0) is 32.6 Å². The number of nitrogens with zero attached hydrogens (tertiary/aromatic N) is 2. The second-order valence-corrected chi connectivity index (χ2v) is 5.11. The van der Waals surface area contributed by atoms with Gasteiger partial charge in [0.2, 0.25) is 0 Å². The molecule has 2 fully saturated rings. The predicted octanol–water partition coefficient (Wildman–Crippen LogP) is 2.26. The van der Waals surface area contributed by atoms with E-state index in [0.717, 1.165) is 29.9 Å². The molecule has 3 nitrogen and oxygen atoms in total. The molecule has 0 aromatic carbocycles. The molecule has 0 unspecified atom stereocenters. The van der Waals surface area contributed by atoms with Gasteiger partial charge in [-0.25, -0.2) is 9.97 Å². The second-order valence-electron chi connectivity index (χ2n) is 4.75. The van der Waals surface area contributed by atoms with Gasteiger partial charge in [0.25, 0.3) is 0 Å². The Labute approximate surface area is 94.1 Å². The molecule has 2 aliphatic carbocycles. The van der Waals surface area contributed by atoms with Gasteiger partial charge in [0.05, 0.1) is 5.69 Å². The molecule has 0 radical (unpaired) electrons. The first kappa shape index (κ1) is 9.55. The van der Waals surface area contributed by atoms with Gasteiger partial charge in [0, 0.05) is 17.0 Å². The minimum Gasteiger partial charge on any atom is -0.321 e. The highest BCUT2D eigenvalue weighted by atomic mass is 35.5. The van der Waals surface area contributed by atoms with Crippen molar-refractivity contribution >= 4 is 11.6 Å². The zero-order valence-corrected chi connectivity index (χ0v) is 9.51. The van der Waals surface area contributed by atoms with E-state index in [-0.39, 0.29) is 5.54 Å². The Morgan fingerprint density at radius 3 is 2.53 bits per heavy atom. The van der Waals surface area contributed by atoms with E-state index in [1.165, 1.54) is 12.8 Å². The largest absolute Gasteiger partial charge is 0.321 e. The molecule has 80 valence electrons. The van der Waals surface area contributed by atoms with Gasteiger partial charge in [0.15, 0.2) is 0 Å². The van der Waals surface area contributed by atoms with Gasteiger partial charge in [-0.3, -0.25) is 0 Å². The van der Waals surface area contributed by atoms with E-state index in [4.69, 9.17) is 17.3 Å². The molecule has 3 rings (SSSR count). The third-order valence-corrected chi connectivity index (χ3v) is 3.53. The Morgan fingerprint density at radius 2 is 2.00 bits per heavy atom. The van der Waals surface area contributed by atoms with Crippen LogP contribution in [0.2, 0.25) is 5.15 Å². The summed E-state index contributed by atoms with van der Waals surface area (Å²) in [4.78, 5) is 8.75. The Bertz CT molecular complexity index is 422. The standard InChI is InChI=1S/C11H14ClN3/c1-6-14-9(7-2-3-7)8(10(12)15-6)11(13)4-5-11/h7H,2-5,13H2,1H3. The molecule has 0 bridgehead atoms. The van der Waals surface area contributed by atoms with Gasteiger partial charge in [-0.1, -0.05) is 11.6 Å². The minimum atomic E-state index is -0.220. The smallest absolute Gasteiger partial charge is 0.138 e. The number of hydrogen-bond acceptors (Lipinski definition) is 3. The molecule has 1 heterocycles. The first-order chi connectivity index (χ1) is 7.10. The monoisotopic (exact) mass is 223 g/mol. The quantitative estimate of drug-likeness (QED) is 0.783. The van der Waals surface area contributed by atoms with Crippen LogP contribution in [0.4, 0.5) is 0 Å². The summed E-state index contributed by atoms with van der Waals surface area (Å²) in [6.45, 7) is 1.89. The number of aromatic nitrogens is 2. The summed E-state index contributed by atoms with van der Waals surface area (Å²) in [5, 5.41) is 0.574. The maximum atomic E-state index is 6.22. The van der Waals surface area contributed by atoms with Crippen LogP contribution >= 0.6 is 11.6 Å². The molecule has 0 saturated heterocycles. The summed E-state index contributed by atoms with van der Waals surface area (Å²) in [5.74, 6) is 1.34. The molecule has 0 amide bonds. The molecule has 15 heavy (non-hydrogen) atoms. The topological polar surface area (TPSA) is 51.8 Å².